The summed E-state index contributed by atoms with van der Waals surface area (Å²) in [5, 5.41) is 22.5. The van der Waals surface area contributed by atoms with E-state index in [-0.39, 0.29) is 0 Å². The van der Waals surface area contributed by atoms with Gasteiger partial charge in [-0.25, -0.2) is 0 Å². The summed E-state index contributed by atoms with van der Waals surface area (Å²) in [6.45, 7) is 22.8. The van der Waals surface area contributed by atoms with Crippen molar-refractivity contribution in [3.63, 3.8) is 0 Å². The third kappa shape index (κ3) is 75.7. The molecule has 0 bridgehead atoms. The van der Waals surface area contributed by atoms with Crippen LogP contribution in [0.25, 0.3) is 0 Å². The molecule has 514 valence electrons. The van der Waals surface area contributed by atoms with Crippen LogP contribution in [-0.2, 0) is 0 Å². The summed E-state index contributed by atoms with van der Waals surface area (Å²) in [7, 11) is 0. The molecule has 6 nitrogen and oxygen atoms in total. The normalized spacial score (nSPS) is 12.2. The molecule has 0 heterocycles. The Morgan fingerprint density at radius 2 is 0.349 bits per heavy atom. The largest absolute Gasteiger partial charge is 0.317 e. The Labute approximate surface area is 543 Å². The van der Waals surface area contributed by atoms with Crippen molar-refractivity contribution in [3.05, 3.63) is 23.3 Å². The molecule has 0 saturated heterocycles. The van der Waals surface area contributed by atoms with Crippen molar-refractivity contribution in [1.82, 2.24) is 31.9 Å². The van der Waals surface area contributed by atoms with Crippen LogP contribution in [-0.4, -0.2) is 78.5 Å². The summed E-state index contributed by atoms with van der Waals surface area (Å²) >= 11 is 0. The highest BCUT2D eigenvalue weighted by Crippen LogP contribution is 2.20. The first kappa shape index (κ1) is 85.2. The van der Waals surface area contributed by atoms with E-state index in [9.17, 15) is 0 Å². The lowest BCUT2D eigenvalue weighted by molar-refractivity contribution is 0.536. The van der Waals surface area contributed by atoms with Crippen LogP contribution < -0.4 is 31.9 Å². The van der Waals surface area contributed by atoms with Crippen LogP contribution in [0.2, 0.25) is 0 Å². The molecule has 6 N–H and O–H groups in total. The standard InChI is InChI=1S/C80H164N6/c1-5-9-13-17-21-25-29-33-35-39-43-47-51-55-65-79(63-53-49-45-41-37-31-27-23-19-15-11-7-3)77-85-75-61-73-83-71-59-69-81-67-57-58-68-82-70-60-72-84-74-62-76-86-78-80(64-54-50-46-42-38-32-28-24-20-16-12-8-4)66-56-52-48-44-40-36-34-30-26-22-18-14-10-6-2/h65-66,81-86H,5-64,67-78H2,1-4H3/b79-65-,80-66-. The van der Waals surface area contributed by atoms with E-state index in [0.29, 0.717) is 0 Å². The van der Waals surface area contributed by atoms with Gasteiger partial charge in [0.1, 0.15) is 0 Å². The van der Waals surface area contributed by atoms with Crippen molar-refractivity contribution in [2.45, 2.75) is 413 Å². The zero-order valence-electron chi connectivity index (χ0n) is 60.1. The maximum Gasteiger partial charge on any atom is 0.0164 e. The lowest BCUT2D eigenvalue weighted by Gasteiger charge is -2.11. The fraction of sp³-hybridized carbons (Fsp3) is 0.950. The molecule has 0 aromatic carbocycles. The van der Waals surface area contributed by atoms with E-state index in [1.54, 1.807) is 11.1 Å². The monoisotopic (exact) mass is 1210 g/mol. The summed E-state index contributed by atoms with van der Waals surface area (Å²) in [5.41, 5.74) is 3.38. The zero-order chi connectivity index (χ0) is 61.7. The molecule has 6 heteroatoms. The van der Waals surface area contributed by atoms with Gasteiger partial charge in [-0.2, -0.15) is 0 Å². The van der Waals surface area contributed by atoms with Crippen LogP contribution >= 0.6 is 0 Å². The second kappa shape index (κ2) is 80.3. The SMILES string of the molecule is CCCCCCCCCCCCCCC/C=C(/CCCCCCCCCCCCCC)CNCCCNCCCNCCCCNCCCNCCCNC/C(=C\CCCCCCCCCCCCCCC)CCCCCCCCCCCCCC. The maximum absolute atomic E-state index is 3.84. The number of nitrogens with one attached hydrogen (secondary N) is 6. The summed E-state index contributed by atoms with van der Waals surface area (Å²) < 4.78 is 0. The van der Waals surface area contributed by atoms with Gasteiger partial charge in [-0.3, -0.25) is 0 Å². The lowest BCUT2D eigenvalue weighted by atomic mass is 10.0. The van der Waals surface area contributed by atoms with E-state index in [1.807, 2.05) is 0 Å². The molecule has 0 aliphatic rings. The van der Waals surface area contributed by atoms with Gasteiger partial charge in [0.15, 0.2) is 0 Å². The second-order valence-corrected chi connectivity index (χ2v) is 27.5. The van der Waals surface area contributed by atoms with E-state index in [2.05, 4.69) is 71.7 Å². The molecule has 0 fully saturated rings. The fourth-order valence-electron chi connectivity index (χ4n) is 12.7. The Balaban J connectivity index is 4.07. The predicted octanol–water partition coefficient (Wildman–Crippen LogP) is 23.9. The third-order valence-electron chi connectivity index (χ3n) is 18.7. The molecule has 0 amide bonds. The molecule has 0 unspecified atom stereocenters. The van der Waals surface area contributed by atoms with Crippen LogP contribution in [0.5, 0.6) is 0 Å². The Kier molecular flexibility index (Phi) is 79.6. The van der Waals surface area contributed by atoms with Gasteiger partial charge in [0.25, 0.3) is 0 Å². The number of rotatable bonds is 79. The number of hydrogen-bond acceptors (Lipinski definition) is 6. The van der Waals surface area contributed by atoms with Crippen molar-refractivity contribution >= 4 is 0 Å². The van der Waals surface area contributed by atoms with Crippen molar-refractivity contribution in [1.29, 1.82) is 0 Å². The molecular formula is C80H164N6. The second-order valence-electron chi connectivity index (χ2n) is 27.5. The van der Waals surface area contributed by atoms with Gasteiger partial charge in [-0.1, -0.05) is 346 Å². The number of allylic oxidation sites excluding steroid dienone is 2. The molecular weight excluding hydrogens is 1040 g/mol. The Hall–Kier alpha value is -0.760. The third-order valence-corrected chi connectivity index (χ3v) is 18.7. The Morgan fingerprint density at radius 3 is 0.570 bits per heavy atom. The van der Waals surface area contributed by atoms with Crippen molar-refractivity contribution in [3.8, 4) is 0 Å². The van der Waals surface area contributed by atoms with Gasteiger partial charge in [0, 0.05) is 13.1 Å². The van der Waals surface area contributed by atoms with Crippen LogP contribution in [0.4, 0.5) is 0 Å². The van der Waals surface area contributed by atoms with Gasteiger partial charge >= 0.3 is 0 Å². The fourth-order valence-corrected chi connectivity index (χ4v) is 12.7. The molecule has 0 atom stereocenters. The molecule has 0 aromatic heterocycles. The van der Waals surface area contributed by atoms with E-state index >= 15 is 0 Å². The quantitative estimate of drug-likeness (QED) is 0.0269. The highest BCUT2D eigenvalue weighted by atomic mass is 14.9. The average Bonchev–Trinajstić information content (AvgIpc) is 3.54. The van der Waals surface area contributed by atoms with Gasteiger partial charge in [0.05, 0.1) is 0 Å². The van der Waals surface area contributed by atoms with Gasteiger partial charge in [0.2, 0.25) is 0 Å². The first-order valence-electron chi connectivity index (χ1n) is 40.4. The van der Waals surface area contributed by atoms with Gasteiger partial charge in [-0.15, -0.1) is 0 Å². The van der Waals surface area contributed by atoms with Crippen molar-refractivity contribution in [2.75, 3.05) is 78.5 Å². The Morgan fingerprint density at radius 1 is 0.174 bits per heavy atom. The summed E-state index contributed by atoms with van der Waals surface area (Å²) in [6.07, 6.45) is 89.7. The highest BCUT2D eigenvalue weighted by molar-refractivity contribution is 5.05. The van der Waals surface area contributed by atoms with Crippen molar-refractivity contribution in [2.24, 2.45) is 0 Å². The average molecular weight is 1210 g/mol. The molecule has 86 heavy (non-hydrogen) atoms. The maximum atomic E-state index is 3.84. The molecule has 0 radical (unpaired) electrons. The molecule has 0 spiro atoms. The van der Waals surface area contributed by atoms with E-state index < -0.39 is 0 Å². The van der Waals surface area contributed by atoms with Crippen LogP contribution in [0.1, 0.15) is 413 Å². The van der Waals surface area contributed by atoms with E-state index in [1.165, 1.54) is 385 Å². The smallest absolute Gasteiger partial charge is 0.0164 e. The molecule has 0 aliphatic heterocycles. The van der Waals surface area contributed by atoms with Crippen LogP contribution in [0.3, 0.4) is 0 Å². The lowest BCUT2D eigenvalue weighted by Crippen LogP contribution is -2.27. The topological polar surface area (TPSA) is 72.2 Å². The zero-order valence-corrected chi connectivity index (χ0v) is 60.1. The molecule has 0 rings (SSSR count). The first-order valence-corrected chi connectivity index (χ1v) is 40.4. The number of unbranched alkanes of at least 4 members (excludes halogenated alkanes) is 49. The first-order chi connectivity index (χ1) is 42.8. The molecule has 0 aromatic rings. The van der Waals surface area contributed by atoms with E-state index in [4.69, 9.17) is 0 Å². The van der Waals surface area contributed by atoms with Gasteiger partial charge < -0.3 is 31.9 Å². The van der Waals surface area contributed by atoms with E-state index in [0.717, 1.165) is 78.5 Å². The van der Waals surface area contributed by atoms with Crippen LogP contribution in [0.15, 0.2) is 23.3 Å². The summed E-state index contributed by atoms with van der Waals surface area (Å²) in [6, 6.07) is 0. The van der Waals surface area contributed by atoms with Crippen LogP contribution in [0, 0.1) is 0 Å². The number of hydrogen-bond donors (Lipinski definition) is 6. The molecule has 0 aliphatic carbocycles. The minimum Gasteiger partial charge on any atom is -0.317 e. The van der Waals surface area contributed by atoms with Crippen molar-refractivity contribution < 1.29 is 0 Å². The van der Waals surface area contributed by atoms with Gasteiger partial charge in [-0.05, 0) is 155 Å². The highest BCUT2D eigenvalue weighted by Gasteiger charge is 2.04. The summed E-state index contributed by atoms with van der Waals surface area (Å²) in [5.74, 6) is 0. The molecule has 0 saturated carbocycles. The predicted molar refractivity (Wildman–Crippen MR) is 393 cm³/mol. The minimum absolute atomic E-state index is 1.10. The minimum atomic E-state index is 1.10. The summed E-state index contributed by atoms with van der Waals surface area (Å²) in [4.78, 5) is 0. The Bertz CT molecular complexity index is 1160.